The summed E-state index contributed by atoms with van der Waals surface area (Å²) < 4.78 is 1.53. The van der Waals surface area contributed by atoms with Crippen LogP contribution in [0.25, 0.3) is 11.3 Å². The zero-order valence-electron chi connectivity index (χ0n) is 25.9. The van der Waals surface area contributed by atoms with Crippen LogP contribution >= 0.6 is 0 Å². The third-order valence-corrected chi connectivity index (χ3v) is 7.77. The fourth-order valence-electron chi connectivity index (χ4n) is 4.90. The summed E-state index contributed by atoms with van der Waals surface area (Å²) in [5.41, 5.74) is 6.66. The van der Waals surface area contributed by atoms with Crippen LogP contribution in [0.15, 0.2) is 77.7 Å². The Morgan fingerprint density at radius 3 is 2.24 bits per heavy atom. The summed E-state index contributed by atoms with van der Waals surface area (Å²) in [7, 11) is 1.72. The van der Waals surface area contributed by atoms with Crippen LogP contribution in [0.4, 0.5) is 17.2 Å². The van der Waals surface area contributed by atoms with Crippen LogP contribution in [0, 0.1) is 6.92 Å². The highest BCUT2D eigenvalue weighted by Gasteiger charge is 2.17. The molecule has 0 aliphatic heterocycles. The second kappa shape index (κ2) is 13.2. The molecule has 220 valence electrons. The number of benzene rings is 3. The molecule has 0 aliphatic carbocycles. The normalized spacial score (nSPS) is 11.5. The highest BCUT2D eigenvalue weighted by atomic mass is 16.1. The van der Waals surface area contributed by atoms with Gasteiger partial charge in [0.25, 0.3) is 11.5 Å². The first kappa shape index (κ1) is 30.7. The lowest BCUT2D eigenvalue weighted by Crippen LogP contribution is -2.25. The van der Waals surface area contributed by atoms with Gasteiger partial charge in [-0.25, -0.2) is 4.98 Å². The maximum absolute atomic E-state index is 13.1. The van der Waals surface area contributed by atoms with Crippen LogP contribution in [-0.4, -0.2) is 40.0 Å². The molecular weight excluding hydrogens is 522 g/mol. The molecule has 7 nitrogen and oxygen atoms in total. The van der Waals surface area contributed by atoms with E-state index in [1.54, 1.807) is 13.2 Å². The van der Waals surface area contributed by atoms with E-state index >= 15 is 0 Å². The molecule has 0 saturated carbocycles. The van der Waals surface area contributed by atoms with Crippen LogP contribution < -0.4 is 16.2 Å². The SMILES string of the molecule is CCN(CC)CCc1ccc(Nc2nc(-c3cccc(NC(=O)c4ccc(C(C)(C)C)cc4)c3C)cn(C)c2=O)cc1. The number of aromatic nitrogens is 2. The van der Waals surface area contributed by atoms with Gasteiger partial charge < -0.3 is 20.1 Å². The predicted octanol–water partition coefficient (Wildman–Crippen LogP) is 6.93. The van der Waals surface area contributed by atoms with Gasteiger partial charge in [0, 0.05) is 42.3 Å². The van der Waals surface area contributed by atoms with E-state index in [1.807, 2.05) is 61.5 Å². The number of anilines is 3. The number of aryl methyl sites for hydroxylation is 1. The van der Waals surface area contributed by atoms with Gasteiger partial charge in [-0.3, -0.25) is 9.59 Å². The molecule has 4 aromatic rings. The lowest BCUT2D eigenvalue weighted by molar-refractivity contribution is 0.102. The van der Waals surface area contributed by atoms with Gasteiger partial charge in [-0.05, 0) is 78.9 Å². The van der Waals surface area contributed by atoms with E-state index in [0.29, 0.717) is 16.9 Å². The van der Waals surface area contributed by atoms with Gasteiger partial charge in [-0.15, -0.1) is 0 Å². The Morgan fingerprint density at radius 2 is 1.62 bits per heavy atom. The van der Waals surface area contributed by atoms with Gasteiger partial charge in [0.2, 0.25) is 0 Å². The van der Waals surface area contributed by atoms with Crippen LogP contribution in [0.5, 0.6) is 0 Å². The number of carbonyl (C=O) groups excluding carboxylic acids is 1. The number of carbonyl (C=O) groups is 1. The van der Waals surface area contributed by atoms with Gasteiger partial charge in [-0.2, -0.15) is 0 Å². The van der Waals surface area contributed by atoms with E-state index in [9.17, 15) is 9.59 Å². The summed E-state index contributed by atoms with van der Waals surface area (Å²) >= 11 is 0. The van der Waals surface area contributed by atoms with Gasteiger partial charge in [-0.1, -0.05) is 71.0 Å². The lowest BCUT2D eigenvalue weighted by atomic mass is 9.86. The van der Waals surface area contributed by atoms with Crippen LogP contribution in [0.3, 0.4) is 0 Å². The van der Waals surface area contributed by atoms with Crippen molar-refractivity contribution >= 4 is 23.1 Å². The zero-order chi connectivity index (χ0) is 30.4. The molecule has 0 bridgehead atoms. The summed E-state index contributed by atoms with van der Waals surface area (Å²) in [6.45, 7) is 15.9. The number of nitrogens with zero attached hydrogens (tertiary/aromatic N) is 3. The summed E-state index contributed by atoms with van der Waals surface area (Å²) in [4.78, 5) is 33.2. The van der Waals surface area contributed by atoms with Gasteiger partial charge in [0.15, 0.2) is 5.82 Å². The van der Waals surface area contributed by atoms with E-state index < -0.39 is 0 Å². The minimum Gasteiger partial charge on any atom is -0.336 e. The predicted molar refractivity (Wildman–Crippen MR) is 174 cm³/mol. The Kier molecular flexibility index (Phi) is 9.63. The van der Waals surface area contributed by atoms with Crippen molar-refractivity contribution in [3.8, 4) is 11.3 Å². The van der Waals surface area contributed by atoms with Crippen molar-refractivity contribution in [1.82, 2.24) is 14.5 Å². The molecule has 3 aromatic carbocycles. The minimum atomic E-state index is -0.217. The molecule has 42 heavy (non-hydrogen) atoms. The number of amides is 1. The van der Waals surface area contributed by atoms with Crippen molar-refractivity contribution < 1.29 is 4.79 Å². The first-order valence-corrected chi connectivity index (χ1v) is 14.7. The van der Waals surface area contributed by atoms with E-state index in [-0.39, 0.29) is 22.7 Å². The third-order valence-electron chi connectivity index (χ3n) is 7.77. The highest BCUT2D eigenvalue weighted by molar-refractivity contribution is 6.05. The molecule has 0 radical (unpaired) electrons. The maximum Gasteiger partial charge on any atom is 0.293 e. The smallest absolute Gasteiger partial charge is 0.293 e. The molecule has 1 aromatic heterocycles. The number of likely N-dealkylation sites (N-methyl/N-ethyl adjacent to an activating group) is 1. The summed E-state index contributed by atoms with van der Waals surface area (Å²) in [6.07, 6.45) is 2.70. The van der Waals surface area contributed by atoms with Gasteiger partial charge >= 0.3 is 0 Å². The first-order valence-electron chi connectivity index (χ1n) is 14.7. The average Bonchev–Trinajstić information content (AvgIpc) is 2.97. The van der Waals surface area contributed by atoms with Crippen molar-refractivity contribution in [3.63, 3.8) is 0 Å². The fourth-order valence-corrected chi connectivity index (χ4v) is 4.90. The molecule has 1 amide bonds. The Balaban J connectivity index is 1.54. The first-order chi connectivity index (χ1) is 20.0. The Bertz CT molecular complexity index is 1580. The van der Waals surface area contributed by atoms with E-state index in [1.165, 1.54) is 15.7 Å². The molecule has 2 N–H and O–H groups in total. The monoisotopic (exact) mass is 565 g/mol. The molecule has 0 fully saturated rings. The second-order valence-electron chi connectivity index (χ2n) is 11.7. The molecule has 0 spiro atoms. The summed E-state index contributed by atoms with van der Waals surface area (Å²) in [5.74, 6) is 0.0747. The number of hydrogen-bond acceptors (Lipinski definition) is 5. The average molecular weight is 566 g/mol. The molecule has 0 saturated heterocycles. The fraction of sp³-hybridized carbons (Fsp3) is 0.343. The second-order valence-corrected chi connectivity index (χ2v) is 11.7. The van der Waals surface area contributed by atoms with Crippen molar-refractivity contribution in [3.05, 3.63) is 106 Å². The van der Waals surface area contributed by atoms with Crippen molar-refractivity contribution in [2.75, 3.05) is 30.3 Å². The molecule has 0 atom stereocenters. The van der Waals surface area contributed by atoms with Gasteiger partial charge in [0.05, 0.1) is 5.69 Å². The topological polar surface area (TPSA) is 79.3 Å². The van der Waals surface area contributed by atoms with Gasteiger partial charge in [0.1, 0.15) is 0 Å². The molecular formula is C35H43N5O2. The zero-order valence-corrected chi connectivity index (χ0v) is 25.9. The Morgan fingerprint density at radius 1 is 0.952 bits per heavy atom. The van der Waals surface area contributed by atoms with E-state index in [0.717, 1.165) is 42.9 Å². The molecule has 0 unspecified atom stereocenters. The van der Waals surface area contributed by atoms with Crippen molar-refractivity contribution in [2.24, 2.45) is 7.05 Å². The lowest BCUT2D eigenvalue weighted by Gasteiger charge is -2.19. The third kappa shape index (κ3) is 7.34. The minimum absolute atomic E-state index is 0.0189. The van der Waals surface area contributed by atoms with Crippen LogP contribution in [-0.2, 0) is 18.9 Å². The molecule has 4 rings (SSSR count). The van der Waals surface area contributed by atoms with Crippen LogP contribution in [0.2, 0.25) is 0 Å². The van der Waals surface area contributed by atoms with Crippen LogP contribution in [0.1, 0.15) is 61.7 Å². The Labute approximate surface area is 249 Å². The summed E-state index contributed by atoms with van der Waals surface area (Å²) in [5, 5.41) is 6.27. The Hall–Kier alpha value is -4.23. The molecule has 1 heterocycles. The quantitative estimate of drug-likeness (QED) is 0.218. The van der Waals surface area contributed by atoms with E-state index in [2.05, 4.69) is 62.3 Å². The standard InChI is InChI=1S/C35H43N5O2/c1-8-40(9-2)22-21-25-13-19-28(20-14-25)36-32-34(42)39(7)23-31(37-32)29-11-10-12-30(24(29)3)38-33(41)26-15-17-27(18-16-26)35(4,5)6/h10-20,23H,8-9,21-22H2,1-7H3,(H,36,37)(H,38,41). The molecule has 7 heteroatoms. The maximum atomic E-state index is 13.1. The number of hydrogen-bond donors (Lipinski definition) is 2. The largest absolute Gasteiger partial charge is 0.336 e. The van der Waals surface area contributed by atoms with E-state index in [4.69, 9.17) is 4.98 Å². The highest BCUT2D eigenvalue weighted by Crippen LogP contribution is 2.29. The number of nitrogens with one attached hydrogen (secondary N) is 2. The summed E-state index contributed by atoms with van der Waals surface area (Å²) in [6, 6.07) is 21.6. The van der Waals surface area contributed by atoms with Crippen molar-refractivity contribution in [2.45, 2.75) is 53.4 Å². The number of rotatable bonds is 10. The van der Waals surface area contributed by atoms with Crippen molar-refractivity contribution in [1.29, 1.82) is 0 Å². The molecule has 0 aliphatic rings.